The van der Waals surface area contributed by atoms with Crippen LogP contribution in [0.2, 0.25) is 0 Å². The Morgan fingerprint density at radius 1 is 0.931 bits per heavy atom. The second-order valence-electron chi connectivity index (χ2n) is 7.82. The summed E-state index contributed by atoms with van der Waals surface area (Å²) in [6.07, 6.45) is 3.45. The van der Waals surface area contributed by atoms with Crippen LogP contribution in [0.25, 0.3) is 0 Å². The molecule has 2 aliphatic rings. The molecular weight excluding hydrogens is 364 g/mol. The first kappa shape index (κ1) is 19.9. The lowest BCUT2D eigenvalue weighted by atomic mass is 10.1. The van der Waals surface area contributed by atoms with E-state index in [1.807, 2.05) is 29.2 Å². The molecule has 5 nitrogen and oxygen atoms in total. The average molecular weight is 395 g/mol. The summed E-state index contributed by atoms with van der Waals surface area (Å²) in [6.45, 7) is 5.83. The first-order valence-corrected chi connectivity index (χ1v) is 10.7. The molecule has 0 saturated carbocycles. The summed E-state index contributed by atoms with van der Waals surface area (Å²) < 4.78 is 11.5. The minimum absolute atomic E-state index is 0.0755. The Morgan fingerprint density at radius 3 is 2.31 bits per heavy atom. The van der Waals surface area contributed by atoms with Gasteiger partial charge < -0.3 is 19.3 Å². The smallest absolute Gasteiger partial charge is 0.254 e. The molecule has 29 heavy (non-hydrogen) atoms. The molecule has 0 radical (unpaired) electrons. The van der Waals surface area contributed by atoms with E-state index >= 15 is 0 Å². The Kier molecular flexibility index (Phi) is 6.80. The highest BCUT2D eigenvalue weighted by Gasteiger charge is 2.21. The van der Waals surface area contributed by atoms with E-state index in [1.165, 1.54) is 5.56 Å². The van der Waals surface area contributed by atoms with E-state index < -0.39 is 0 Å². The lowest BCUT2D eigenvalue weighted by Crippen LogP contribution is -2.40. The van der Waals surface area contributed by atoms with E-state index in [1.54, 1.807) is 0 Å². The standard InChI is InChI=1S/C24H30N2O3/c27-24(26-16-18-28-19-17-26)21-6-8-22(9-7-21)29-23-11-14-25(15-12-23)13-10-20-4-2-1-3-5-20/h1-9,23H,10-19H2. The molecule has 0 bridgehead atoms. The zero-order valence-corrected chi connectivity index (χ0v) is 17.0. The molecule has 1 amide bonds. The molecule has 0 unspecified atom stereocenters. The van der Waals surface area contributed by atoms with Crippen LogP contribution in [-0.2, 0) is 11.2 Å². The van der Waals surface area contributed by atoms with E-state index in [4.69, 9.17) is 9.47 Å². The average Bonchev–Trinajstić information content (AvgIpc) is 2.80. The van der Waals surface area contributed by atoms with Crippen LogP contribution < -0.4 is 4.74 Å². The summed E-state index contributed by atoms with van der Waals surface area (Å²) in [6, 6.07) is 18.3. The number of piperidine rings is 1. The molecule has 0 atom stereocenters. The highest BCUT2D eigenvalue weighted by atomic mass is 16.5. The summed E-state index contributed by atoms with van der Waals surface area (Å²) in [4.78, 5) is 16.9. The number of carbonyl (C=O) groups excluding carboxylic acids is 1. The molecule has 2 heterocycles. The topological polar surface area (TPSA) is 42.0 Å². The number of benzene rings is 2. The molecule has 5 heteroatoms. The van der Waals surface area contributed by atoms with Gasteiger partial charge in [0.05, 0.1) is 13.2 Å². The molecule has 2 saturated heterocycles. The first-order valence-electron chi connectivity index (χ1n) is 10.7. The number of hydrogen-bond acceptors (Lipinski definition) is 4. The lowest BCUT2D eigenvalue weighted by Gasteiger charge is -2.32. The van der Waals surface area contributed by atoms with Crippen molar-refractivity contribution >= 4 is 5.91 Å². The third-order valence-electron chi connectivity index (χ3n) is 5.80. The molecule has 154 valence electrons. The van der Waals surface area contributed by atoms with Crippen molar-refractivity contribution in [2.24, 2.45) is 0 Å². The van der Waals surface area contributed by atoms with E-state index in [-0.39, 0.29) is 12.0 Å². The molecular formula is C24H30N2O3. The van der Waals surface area contributed by atoms with Gasteiger partial charge in [-0.15, -0.1) is 0 Å². The molecule has 2 aliphatic heterocycles. The summed E-state index contributed by atoms with van der Waals surface area (Å²) >= 11 is 0. The SMILES string of the molecule is O=C(c1ccc(OC2CCN(CCc3ccccc3)CC2)cc1)N1CCOCC1. The Hall–Kier alpha value is -2.37. The van der Waals surface area contributed by atoms with Crippen molar-refractivity contribution in [1.29, 1.82) is 0 Å². The zero-order valence-electron chi connectivity index (χ0n) is 17.0. The first-order chi connectivity index (χ1) is 14.3. The van der Waals surface area contributed by atoms with Gasteiger partial charge in [-0.25, -0.2) is 0 Å². The number of hydrogen-bond donors (Lipinski definition) is 0. The van der Waals surface area contributed by atoms with E-state index in [9.17, 15) is 4.79 Å². The van der Waals surface area contributed by atoms with Gasteiger partial charge in [-0.2, -0.15) is 0 Å². The van der Waals surface area contributed by atoms with Gasteiger partial charge in [0.15, 0.2) is 0 Å². The minimum Gasteiger partial charge on any atom is -0.490 e. The van der Waals surface area contributed by atoms with Gasteiger partial charge in [-0.3, -0.25) is 4.79 Å². The van der Waals surface area contributed by atoms with Crippen molar-refractivity contribution in [2.45, 2.75) is 25.4 Å². The number of amides is 1. The van der Waals surface area contributed by atoms with Crippen molar-refractivity contribution in [3.05, 3.63) is 65.7 Å². The maximum absolute atomic E-state index is 12.5. The number of carbonyl (C=O) groups is 1. The Bertz CT molecular complexity index is 764. The van der Waals surface area contributed by atoms with Crippen LogP contribution in [0.3, 0.4) is 0 Å². The summed E-state index contributed by atoms with van der Waals surface area (Å²) in [5.74, 6) is 0.929. The van der Waals surface area contributed by atoms with Crippen LogP contribution in [0.1, 0.15) is 28.8 Å². The Labute approximate surface area is 173 Å². The van der Waals surface area contributed by atoms with Gasteiger partial charge in [0.2, 0.25) is 0 Å². The largest absolute Gasteiger partial charge is 0.490 e. The monoisotopic (exact) mass is 394 g/mol. The molecule has 0 N–H and O–H groups in total. The number of ether oxygens (including phenoxy) is 2. The maximum atomic E-state index is 12.5. The van der Waals surface area contributed by atoms with Crippen LogP contribution in [0.15, 0.2) is 54.6 Å². The number of nitrogens with zero attached hydrogens (tertiary/aromatic N) is 2. The maximum Gasteiger partial charge on any atom is 0.254 e. The second-order valence-corrected chi connectivity index (χ2v) is 7.82. The predicted octanol–water partition coefficient (Wildman–Crippen LogP) is 3.24. The van der Waals surface area contributed by atoms with Gasteiger partial charge in [-0.05, 0) is 49.1 Å². The minimum atomic E-state index is 0.0755. The highest BCUT2D eigenvalue weighted by Crippen LogP contribution is 2.20. The van der Waals surface area contributed by atoms with Gasteiger partial charge in [0, 0.05) is 38.3 Å². The molecule has 2 aromatic carbocycles. The second kappa shape index (κ2) is 9.90. The Balaban J connectivity index is 1.21. The fourth-order valence-corrected chi connectivity index (χ4v) is 4.00. The predicted molar refractivity (Wildman–Crippen MR) is 113 cm³/mol. The summed E-state index contributed by atoms with van der Waals surface area (Å²) in [7, 11) is 0. The van der Waals surface area contributed by atoms with Crippen molar-refractivity contribution in [2.75, 3.05) is 45.9 Å². The Morgan fingerprint density at radius 2 is 1.62 bits per heavy atom. The van der Waals surface area contributed by atoms with E-state index in [0.29, 0.717) is 26.3 Å². The normalized spacial score (nSPS) is 18.6. The summed E-state index contributed by atoms with van der Waals surface area (Å²) in [5, 5.41) is 0. The quantitative estimate of drug-likeness (QED) is 0.754. The molecule has 2 aromatic rings. The molecule has 4 rings (SSSR count). The molecule has 2 fully saturated rings. The van der Waals surface area contributed by atoms with E-state index in [2.05, 4.69) is 35.2 Å². The van der Waals surface area contributed by atoms with Crippen molar-refractivity contribution in [1.82, 2.24) is 9.80 Å². The fourth-order valence-electron chi connectivity index (χ4n) is 4.00. The number of likely N-dealkylation sites (tertiary alicyclic amines) is 1. The van der Waals surface area contributed by atoms with Crippen molar-refractivity contribution in [3.8, 4) is 5.75 Å². The van der Waals surface area contributed by atoms with Gasteiger partial charge in [0.25, 0.3) is 5.91 Å². The summed E-state index contributed by atoms with van der Waals surface area (Å²) in [5.41, 5.74) is 2.12. The molecule has 0 aromatic heterocycles. The van der Waals surface area contributed by atoms with Crippen molar-refractivity contribution < 1.29 is 14.3 Å². The zero-order chi connectivity index (χ0) is 19.9. The van der Waals surface area contributed by atoms with Crippen molar-refractivity contribution in [3.63, 3.8) is 0 Å². The third kappa shape index (κ3) is 5.58. The number of morpholine rings is 1. The van der Waals surface area contributed by atoms with Crippen LogP contribution >= 0.6 is 0 Å². The van der Waals surface area contributed by atoms with E-state index in [0.717, 1.165) is 50.2 Å². The van der Waals surface area contributed by atoms with Crippen LogP contribution in [0.4, 0.5) is 0 Å². The van der Waals surface area contributed by atoms with Gasteiger partial charge >= 0.3 is 0 Å². The van der Waals surface area contributed by atoms with Gasteiger partial charge in [-0.1, -0.05) is 30.3 Å². The van der Waals surface area contributed by atoms with Crippen LogP contribution in [0.5, 0.6) is 5.75 Å². The number of rotatable bonds is 6. The fraction of sp³-hybridized carbons (Fsp3) is 0.458. The van der Waals surface area contributed by atoms with Crippen LogP contribution in [-0.4, -0.2) is 67.7 Å². The lowest BCUT2D eigenvalue weighted by molar-refractivity contribution is 0.0303. The molecule has 0 spiro atoms. The molecule has 0 aliphatic carbocycles. The van der Waals surface area contributed by atoms with Crippen LogP contribution in [0, 0.1) is 0 Å². The third-order valence-corrected chi connectivity index (χ3v) is 5.80. The highest BCUT2D eigenvalue weighted by molar-refractivity contribution is 5.94. The van der Waals surface area contributed by atoms with Gasteiger partial charge in [0.1, 0.15) is 11.9 Å².